The topological polar surface area (TPSA) is 51.0 Å². The first kappa shape index (κ1) is 14.8. The van der Waals surface area contributed by atoms with Gasteiger partial charge in [0.2, 0.25) is 0 Å². The van der Waals surface area contributed by atoms with Crippen molar-refractivity contribution in [3.8, 4) is 11.5 Å². The van der Waals surface area contributed by atoms with Crippen molar-refractivity contribution in [2.24, 2.45) is 5.16 Å². The number of benzene rings is 1. The summed E-state index contributed by atoms with van der Waals surface area (Å²) in [5.74, 6) is 1.30. The second kappa shape index (κ2) is 7.97. The van der Waals surface area contributed by atoms with Crippen LogP contribution in [0.3, 0.4) is 0 Å². The van der Waals surface area contributed by atoms with Gasteiger partial charge in [0.05, 0.1) is 12.8 Å². The molecular formula is C15H19NO3. The third-order valence-corrected chi connectivity index (χ3v) is 2.37. The van der Waals surface area contributed by atoms with E-state index in [2.05, 4.69) is 18.3 Å². The molecule has 1 aromatic carbocycles. The molecule has 19 heavy (non-hydrogen) atoms. The van der Waals surface area contributed by atoms with Crippen LogP contribution in [0.5, 0.6) is 11.5 Å². The third kappa shape index (κ3) is 4.17. The summed E-state index contributed by atoms with van der Waals surface area (Å²) in [5, 5.41) is 11.7. The zero-order valence-corrected chi connectivity index (χ0v) is 11.1. The first-order valence-corrected chi connectivity index (χ1v) is 6.08. The van der Waals surface area contributed by atoms with Crippen LogP contribution in [0.2, 0.25) is 0 Å². The molecule has 4 nitrogen and oxygen atoms in total. The molecule has 1 aromatic rings. The van der Waals surface area contributed by atoms with Crippen LogP contribution in [0.15, 0.2) is 42.6 Å². The van der Waals surface area contributed by atoms with Crippen LogP contribution in [0.1, 0.15) is 18.1 Å². The second-order valence-electron chi connectivity index (χ2n) is 3.78. The van der Waals surface area contributed by atoms with E-state index < -0.39 is 0 Å². The van der Waals surface area contributed by atoms with E-state index in [9.17, 15) is 0 Å². The number of ether oxygens (including phenoxy) is 2. The van der Waals surface area contributed by atoms with E-state index in [1.807, 2.05) is 13.0 Å². The zero-order chi connectivity index (χ0) is 14.1. The van der Waals surface area contributed by atoms with Crippen molar-refractivity contribution >= 4 is 6.21 Å². The monoisotopic (exact) mass is 261 g/mol. The van der Waals surface area contributed by atoms with Gasteiger partial charge < -0.3 is 14.7 Å². The highest BCUT2D eigenvalue weighted by atomic mass is 16.5. The predicted octanol–water partition coefficient (Wildman–Crippen LogP) is 3.19. The molecule has 0 fully saturated rings. The summed E-state index contributed by atoms with van der Waals surface area (Å²) in [6.45, 7) is 10.2. The zero-order valence-electron chi connectivity index (χ0n) is 11.1. The van der Waals surface area contributed by atoms with Gasteiger partial charge in [-0.3, -0.25) is 0 Å². The molecule has 0 bridgehead atoms. The second-order valence-corrected chi connectivity index (χ2v) is 3.78. The number of nitrogens with zero attached hydrogens (tertiary/aromatic N) is 1. The molecule has 1 rings (SSSR count). The van der Waals surface area contributed by atoms with Gasteiger partial charge in [-0.05, 0) is 25.5 Å². The molecule has 0 aliphatic rings. The van der Waals surface area contributed by atoms with Crippen LogP contribution >= 0.6 is 0 Å². The van der Waals surface area contributed by atoms with Gasteiger partial charge in [0.15, 0.2) is 11.5 Å². The van der Waals surface area contributed by atoms with Crippen molar-refractivity contribution in [3.63, 3.8) is 0 Å². The van der Waals surface area contributed by atoms with Gasteiger partial charge in [0.25, 0.3) is 0 Å². The molecule has 4 heteroatoms. The highest BCUT2D eigenvalue weighted by molar-refractivity contribution is 5.81. The van der Waals surface area contributed by atoms with Gasteiger partial charge in [-0.1, -0.05) is 23.9 Å². The summed E-state index contributed by atoms with van der Waals surface area (Å²) in [5.41, 5.74) is 1.67. The van der Waals surface area contributed by atoms with E-state index in [0.29, 0.717) is 31.1 Å². The van der Waals surface area contributed by atoms with E-state index in [4.69, 9.17) is 14.7 Å². The highest BCUT2D eigenvalue weighted by Gasteiger charge is 2.12. The third-order valence-electron chi connectivity index (χ3n) is 2.37. The number of allylic oxidation sites excluding steroid dienone is 1. The molecule has 0 aliphatic carbocycles. The Hall–Kier alpha value is -2.23. The van der Waals surface area contributed by atoms with Crippen molar-refractivity contribution in [1.29, 1.82) is 0 Å². The molecule has 0 aliphatic heterocycles. The van der Waals surface area contributed by atoms with Crippen LogP contribution in [0.4, 0.5) is 0 Å². The van der Waals surface area contributed by atoms with E-state index in [1.165, 1.54) is 6.21 Å². The van der Waals surface area contributed by atoms with Crippen LogP contribution in [0.25, 0.3) is 0 Å². The number of hydrogen-bond donors (Lipinski definition) is 1. The Labute approximate surface area is 113 Å². The lowest BCUT2D eigenvalue weighted by Crippen LogP contribution is -2.03. The SMILES string of the molecule is C=CCOc1c(CC=C)cc(/C=N\O)cc1OCC. The molecule has 0 spiro atoms. The molecular weight excluding hydrogens is 242 g/mol. The van der Waals surface area contributed by atoms with Gasteiger partial charge in [-0.2, -0.15) is 0 Å². The molecule has 0 saturated carbocycles. The van der Waals surface area contributed by atoms with E-state index in [-0.39, 0.29) is 0 Å². The molecule has 0 atom stereocenters. The Kier molecular flexibility index (Phi) is 6.22. The lowest BCUT2D eigenvalue weighted by Gasteiger charge is -2.15. The lowest BCUT2D eigenvalue weighted by atomic mass is 10.1. The van der Waals surface area contributed by atoms with Crippen LogP contribution in [0, 0.1) is 0 Å². The minimum Gasteiger partial charge on any atom is -0.490 e. The molecule has 102 valence electrons. The van der Waals surface area contributed by atoms with Crippen LogP contribution in [-0.2, 0) is 6.42 Å². The highest BCUT2D eigenvalue weighted by Crippen LogP contribution is 2.33. The first-order chi connectivity index (χ1) is 9.26. The first-order valence-electron chi connectivity index (χ1n) is 6.08. The van der Waals surface area contributed by atoms with E-state index >= 15 is 0 Å². The molecule has 0 unspecified atom stereocenters. The van der Waals surface area contributed by atoms with Gasteiger partial charge in [-0.15, -0.1) is 6.58 Å². The molecule has 0 saturated heterocycles. The Morgan fingerprint density at radius 2 is 2.05 bits per heavy atom. The quantitative estimate of drug-likeness (QED) is 0.338. The van der Waals surface area contributed by atoms with Crippen molar-refractivity contribution in [2.45, 2.75) is 13.3 Å². The Morgan fingerprint density at radius 3 is 2.63 bits per heavy atom. The Morgan fingerprint density at radius 1 is 1.26 bits per heavy atom. The fourth-order valence-electron chi connectivity index (χ4n) is 1.70. The van der Waals surface area contributed by atoms with Crippen molar-refractivity contribution < 1.29 is 14.7 Å². The largest absolute Gasteiger partial charge is 0.490 e. The molecule has 0 heterocycles. The lowest BCUT2D eigenvalue weighted by molar-refractivity contribution is 0.295. The van der Waals surface area contributed by atoms with Gasteiger partial charge in [0.1, 0.15) is 6.61 Å². The maximum Gasteiger partial charge on any atom is 0.165 e. The minimum absolute atomic E-state index is 0.400. The Bertz CT molecular complexity index is 467. The number of rotatable bonds is 8. The minimum atomic E-state index is 0.400. The summed E-state index contributed by atoms with van der Waals surface area (Å²) in [6, 6.07) is 3.65. The fraction of sp³-hybridized carbons (Fsp3) is 0.267. The van der Waals surface area contributed by atoms with Gasteiger partial charge in [0, 0.05) is 11.1 Å². The van der Waals surface area contributed by atoms with E-state index in [0.717, 1.165) is 11.1 Å². The average molecular weight is 261 g/mol. The van der Waals surface area contributed by atoms with Gasteiger partial charge >= 0.3 is 0 Å². The fourth-order valence-corrected chi connectivity index (χ4v) is 1.70. The maximum absolute atomic E-state index is 8.64. The summed E-state index contributed by atoms with van der Waals surface area (Å²) in [7, 11) is 0. The normalized spacial score (nSPS) is 10.4. The summed E-state index contributed by atoms with van der Waals surface area (Å²) in [6.07, 6.45) is 5.45. The molecule has 0 aromatic heterocycles. The average Bonchev–Trinajstić information content (AvgIpc) is 2.39. The van der Waals surface area contributed by atoms with E-state index in [1.54, 1.807) is 18.2 Å². The van der Waals surface area contributed by atoms with Crippen LogP contribution in [-0.4, -0.2) is 24.6 Å². The molecule has 1 N–H and O–H groups in total. The standard InChI is InChI=1S/C15H19NO3/c1-4-7-13-9-12(11-16-17)10-14(18-6-3)15(13)19-8-5-2/h4-5,9-11,17H,1-2,6-8H2,3H3/b16-11-. The maximum atomic E-state index is 8.64. The summed E-state index contributed by atoms with van der Waals surface area (Å²) >= 11 is 0. The van der Waals surface area contributed by atoms with Crippen molar-refractivity contribution in [1.82, 2.24) is 0 Å². The predicted molar refractivity (Wildman–Crippen MR) is 76.6 cm³/mol. The van der Waals surface area contributed by atoms with Crippen LogP contribution < -0.4 is 9.47 Å². The summed E-state index contributed by atoms with van der Waals surface area (Å²) in [4.78, 5) is 0. The number of oxime groups is 1. The smallest absolute Gasteiger partial charge is 0.165 e. The van der Waals surface area contributed by atoms with Crippen molar-refractivity contribution in [3.05, 3.63) is 48.6 Å². The molecule has 0 amide bonds. The molecule has 0 radical (unpaired) electrons. The van der Waals surface area contributed by atoms with Crippen molar-refractivity contribution in [2.75, 3.05) is 13.2 Å². The van der Waals surface area contributed by atoms with Gasteiger partial charge in [-0.25, -0.2) is 0 Å². The number of hydrogen-bond acceptors (Lipinski definition) is 4. The Balaban J connectivity index is 3.26. The summed E-state index contributed by atoms with van der Waals surface area (Å²) < 4.78 is 11.2.